The Labute approximate surface area is 126 Å². The lowest BCUT2D eigenvalue weighted by molar-refractivity contribution is 0.394. The number of furan rings is 1. The molecule has 2 heterocycles. The fourth-order valence-corrected chi connectivity index (χ4v) is 2.09. The highest BCUT2D eigenvalue weighted by atomic mass is 16.3. The molecule has 7 heteroatoms. The molecule has 0 bridgehead atoms. The summed E-state index contributed by atoms with van der Waals surface area (Å²) in [5.74, 6) is 0.303. The maximum absolute atomic E-state index is 12.0. The van der Waals surface area contributed by atoms with E-state index in [0.29, 0.717) is 18.0 Å². The summed E-state index contributed by atoms with van der Waals surface area (Å²) in [6.07, 6.45) is 3.13. The molecule has 2 N–H and O–H groups in total. The predicted molar refractivity (Wildman–Crippen MR) is 82.5 cm³/mol. The third kappa shape index (κ3) is 3.36. The topological polar surface area (TPSA) is 101 Å². The third-order valence-electron chi connectivity index (χ3n) is 3.32. The van der Waals surface area contributed by atoms with E-state index in [-0.39, 0.29) is 18.0 Å². The molecular formula is C15H19N3O4. The van der Waals surface area contributed by atoms with Crippen LogP contribution in [0.5, 0.6) is 5.88 Å². The second-order valence-electron chi connectivity index (χ2n) is 4.94. The smallest absolute Gasteiger partial charge is 0.331 e. The highest BCUT2D eigenvalue weighted by molar-refractivity contribution is 6.00. The highest BCUT2D eigenvalue weighted by Crippen LogP contribution is 2.13. The van der Waals surface area contributed by atoms with Gasteiger partial charge in [-0.15, -0.1) is 0 Å². The van der Waals surface area contributed by atoms with Gasteiger partial charge in [0, 0.05) is 6.54 Å². The average molecular weight is 305 g/mol. The number of aromatic hydroxyl groups is 1. The minimum absolute atomic E-state index is 0.0160. The minimum Gasteiger partial charge on any atom is -0.494 e. The van der Waals surface area contributed by atoms with Gasteiger partial charge in [0.1, 0.15) is 11.3 Å². The fraction of sp³-hybridized carbons (Fsp3) is 0.400. The van der Waals surface area contributed by atoms with Crippen LogP contribution >= 0.6 is 0 Å². The van der Waals surface area contributed by atoms with Gasteiger partial charge < -0.3 is 9.52 Å². The van der Waals surface area contributed by atoms with Crippen molar-refractivity contribution in [1.29, 1.82) is 0 Å². The van der Waals surface area contributed by atoms with Gasteiger partial charge in [-0.05, 0) is 25.5 Å². The summed E-state index contributed by atoms with van der Waals surface area (Å²) in [4.78, 5) is 30.2. The number of nitrogens with one attached hydrogen (secondary N) is 1. The van der Waals surface area contributed by atoms with E-state index in [9.17, 15) is 14.7 Å². The summed E-state index contributed by atoms with van der Waals surface area (Å²) in [7, 11) is 0. The molecule has 2 aromatic rings. The van der Waals surface area contributed by atoms with Crippen molar-refractivity contribution in [2.45, 2.75) is 39.8 Å². The number of aromatic amines is 1. The molecule has 22 heavy (non-hydrogen) atoms. The molecular weight excluding hydrogens is 286 g/mol. The van der Waals surface area contributed by atoms with E-state index in [1.807, 2.05) is 6.92 Å². The van der Waals surface area contributed by atoms with Gasteiger partial charge in [0.15, 0.2) is 0 Å². The minimum atomic E-state index is -0.643. The number of hydrogen-bond donors (Lipinski definition) is 2. The average Bonchev–Trinajstić information content (AvgIpc) is 2.98. The Morgan fingerprint density at radius 2 is 2.23 bits per heavy atom. The van der Waals surface area contributed by atoms with Crippen molar-refractivity contribution in [2.24, 2.45) is 4.99 Å². The molecule has 0 saturated carbocycles. The van der Waals surface area contributed by atoms with Crippen molar-refractivity contribution in [1.82, 2.24) is 9.55 Å². The normalized spacial score (nSPS) is 11.8. The van der Waals surface area contributed by atoms with Gasteiger partial charge in [-0.2, -0.15) is 0 Å². The monoisotopic (exact) mass is 305 g/mol. The van der Waals surface area contributed by atoms with Crippen molar-refractivity contribution in [3.8, 4) is 5.88 Å². The van der Waals surface area contributed by atoms with Crippen LogP contribution in [0.4, 0.5) is 0 Å². The molecule has 0 spiro atoms. The van der Waals surface area contributed by atoms with Crippen LogP contribution in [0.1, 0.15) is 38.0 Å². The molecule has 0 aliphatic rings. The summed E-state index contributed by atoms with van der Waals surface area (Å²) in [6.45, 7) is 4.19. The molecule has 0 aliphatic heterocycles. The summed E-state index contributed by atoms with van der Waals surface area (Å²) in [6, 6.07) is 3.51. The van der Waals surface area contributed by atoms with Gasteiger partial charge in [0.2, 0.25) is 5.88 Å². The molecule has 0 amide bonds. The molecule has 0 fully saturated rings. The molecule has 2 aromatic heterocycles. The van der Waals surface area contributed by atoms with E-state index in [0.717, 1.165) is 17.4 Å². The standard InChI is InChI=1S/C15H19N3O4/c1-3-4-7-18-14(20)12(13(19)17-15(18)21)10(2)16-9-11-6-5-8-22-11/h5-6,8,20H,3-4,7,9H2,1-2H3,(H,17,19,21). The lowest BCUT2D eigenvalue weighted by Crippen LogP contribution is -2.33. The van der Waals surface area contributed by atoms with Crippen molar-refractivity contribution < 1.29 is 9.52 Å². The molecule has 2 rings (SSSR count). The fourth-order valence-electron chi connectivity index (χ4n) is 2.09. The van der Waals surface area contributed by atoms with Crippen LogP contribution in [0.25, 0.3) is 0 Å². The van der Waals surface area contributed by atoms with Crippen LogP contribution in [0, 0.1) is 0 Å². The third-order valence-corrected chi connectivity index (χ3v) is 3.32. The molecule has 0 radical (unpaired) electrons. The predicted octanol–water partition coefficient (Wildman–Crippen LogP) is 1.64. The number of H-pyrrole nitrogens is 1. The molecule has 118 valence electrons. The second-order valence-corrected chi connectivity index (χ2v) is 4.94. The van der Waals surface area contributed by atoms with Gasteiger partial charge >= 0.3 is 5.69 Å². The molecule has 0 aromatic carbocycles. The maximum atomic E-state index is 12.0. The first kappa shape index (κ1) is 15.8. The lowest BCUT2D eigenvalue weighted by Gasteiger charge is -2.10. The molecule has 0 saturated heterocycles. The van der Waals surface area contributed by atoms with E-state index < -0.39 is 11.2 Å². The quantitative estimate of drug-likeness (QED) is 0.792. The maximum Gasteiger partial charge on any atom is 0.331 e. The zero-order chi connectivity index (χ0) is 16.1. The van der Waals surface area contributed by atoms with Crippen molar-refractivity contribution in [2.75, 3.05) is 0 Å². The molecule has 0 atom stereocenters. The number of aliphatic imine (C=N–C) groups is 1. The van der Waals surface area contributed by atoms with Crippen molar-refractivity contribution >= 4 is 5.71 Å². The Hall–Kier alpha value is -2.57. The molecule has 7 nitrogen and oxygen atoms in total. The summed E-state index contributed by atoms with van der Waals surface area (Å²) in [5.41, 5.74) is -0.892. The van der Waals surface area contributed by atoms with Gasteiger partial charge in [0.05, 0.1) is 18.5 Å². The van der Waals surface area contributed by atoms with Crippen LogP contribution < -0.4 is 11.2 Å². The number of hydrogen-bond acceptors (Lipinski definition) is 5. The number of nitrogens with zero attached hydrogens (tertiary/aromatic N) is 2. The van der Waals surface area contributed by atoms with Crippen LogP contribution in [0.2, 0.25) is 0 Å². The Morgan fingerprint density at radius 3 is 2.86 bits per heavy atom. The second kappa shape index (κ2) is 6.93. The molecule has 0 aliphatic carbocycles. The van der Waals surface area contributed by atoms with E-state index in [4.69, 9.17) is 4.42 Å². The van der Waals surface area contributed by atoms with Gasteiger partial charge in [-0.25, -0.2) is 4.79 Å². The van der Waals surface area contributed by atoms with Crippen LogP contribution in [-0.2, 0) is 13.1 Å². The summed E-state index contributed by atoms with van der Waals surface area (Å²) < 4.78 is 6.32. The van der Waals surface area contributed by atoms with E-state index in [2.05, 4.69) is 9.98 Å². The lowest BCUT2D eigenvalue weighted by atomic mass is 10.2. The van der Waals surface area contributed by atoms with E-state index in [1.54, 1.807) is 19.1 Å². The highest BCUT2D eigenvalue weighted by Gasteiger charge is 2.16. The van der Waals surface area contributed by atoms with Gasteiger partial charge in [0.25, 0.3) is 5.56 Å². The zero-order valence-corrected chi connectivity index (χ0v) is 12.6. The van der Waals surface area contributed by atoms with Crippen LogP contribution in [0.3, 0.4) is 0 Å². The SMILES string of the molecule is CCCCn1c(O)c(C(C)=NCc2ccco2)c(=O)[nH]c1=O. The Balaban J connectivity index is 2.39. The Kier molecular flexibility index (Phi) is 4.98. The largest absolute Gasteiger partial charge is 0.494 e. The summed E-state index contributed by atoms with van der Waals surface area (Å²) >= 11 is 0. The zero-order valence-electron chi connectivity index (χ0n) is 12.6. The number of rotatable bonds is 6. The van der Waals surface area contributed by atoms with Gasteiger partial charge in [-0.1, -0.05) is 13.3 Å². The van der Waals surface area contributed by atoms with E-state index in [1.165, 1.54) is 6.26 Å². The number of unbranched alkanes of at least 4 members (excludes halogenated alkanes) is 1. The van der Waals surface area contributed by atoms with Gasteiger partial charge in [-0.3, -0.25) is 19.3 Å². The van der Waals surface area contributed by atoms with Crippen molar-refractivity contribution in [3.63, 3.8) is 0 Å². The first-order valence-electron chi connectivity index (χ1n) is 7.14. The van der Waals surface area contributed by atoms with Crippen LogP contribution in [0.15, 0.2) is 37.4 Å². The van der Waals surface area contributed by atoms with Crippen molar-refractivity contribution in [3.05, 3.63) is 50.6 Å². The Morgan fingerprint density at radius 1 is 1.45 bits per heavy atom. The number of aromatic nitrogens is 2. The van der Waals surface area contributed by atoms with Crippen LogP contribution in [-0.4, -0.2) is 20.4 Å². The Bertz CT molecular complexity index is 769. The summed E-state index contributed by atoms with van der Waals surface area (Å²) in [5, 5.41) is 10.2. The molecule has 0 unspecified atom stereocenters. The first-order chi connectivity index (χ1) is 10.5. The van der Waals surface area contributed by atoms with E-state index >= 15 is 0 Å². The first-order valence-corrected chi connectivity index (χ1v) is 7.14.